The molecule has 0 saturated carbocycles. The zero-order chi connectivity index (χ0) is 21.0. The number of hydrogen-bond acceptors (Lipinski definition) is 4. The highest BCUT2D eigenvalue weighted by molar-refractivity contribution is 7.79. The van der Waals surface area contributed by atoms with Gasteiger partial charge in [-0.05, 0) is 12.8 Å². The van der Waals surface area contributed by atoms with Crippen LogP contribution in [0.3, 0.4) is 0 Å². The molecule has 0 spiro atoms. The second-order valence-corrected chi connectivity index (χ2v) is 7.23. The molecule has 156 valence electrons. The number of imidazole rings is 2. The van der Waals surface area contributed by atoms with Gasteiger partial charge in [-0.2, -0.15) is 0 Å². The first-order chi connectivity index (χ1) is 12.5. The van der Waals surface area contributed by atoms with Crippen molar-refractivity contribution in [2.75, 3.05) is 0 Å². The molecule has 8 nitrogen and oxygen atoms in total. The predicted octanol–water partition coefficient (Wildman–Crippen LogP) is 1.50. The lowest BCUT2D eigenvalue weighted by atomic mass is 10.3. The normalized spacial score (nSPS) is 10.7. The minimum atomic E-state index is -5.17. The molecule has 9 heteroatoms. The molecule has 0 aliphatic heterocycles. The molecule has 0 atom stereocenters. The average Bonchev–Trinajstić information content (AvgIpc) is 3.06. The fourth-order valence-corrected chi connectivity index (χ4v) is 2.33. The molecule has 0 aliphatic carbocycles. The molecule has 0 amide bonds. The predicted molar refractivity (Wildman–Crippen MR) is 101 cm³/mol. The molecule has 2 aromatic heterocycles. The Labute approximate surface area is 163 Å². The number of hydrogen-bond donors (Lipinski definition) is 0. The van der Waals surface area contributed by atoms with Crippen molar-refractivity contribution in [2.45, 2.75) is 66.5 Å². The van der Waals surface area contributed by atoms with Crippen LogP contribution in [0.4, 0.5) is 0 Å². The van der Waals surface area contributed by atoms with Gasteiger partial charge in [-0.25, -0.2) is 18.3 Å². The van der Waals surface area contributed by atoms with E-state index in [1.807, 2.05) is 0 Å². The van der Waals surface area contributed by atoms with Crippen molar-refractivity contribution in [3.05, 3.63) is 36.4 Å². The summed E-state index contributed by atoms with van der Waals surface area (Å²) in [7, 11) is -1.00. The minimum absolute atomic E-state index is 1.16. The molecule has 0 unspecified atom stereocenters. The van der Waals surface area contributed by atoms with Crippen LogP contribution >= 0.6 is 0 Å². The van der Waals surface area contributed by atoms with Crippen molar-refractivity contribution in [2.24, 2.45) is 14.1 Å². The summed E-state index contributed by atoms with van der Waals surface area (Å²) in [6.45, 7) is 11.1. The van der Waals surface area contributed by atoms with E-state index >= 15 is 0 Å². The van der Waals surface area contributed by atoms with Crippen LogP contribution in [0.2, 0.25) is 0 Å². The van der Waals surface area contributed by atoms with E-state index in [-0.39, 0.29) is 0 Å². The van der Waals surface area contributed by atoms with Gasteiger partial charge < -0.3 is 9.11 Å². The van der Waals surface area contributed by atoms with E-state index in [1.165, 1.54) is 37.3 Å². The Balaban J connectivity index is 0.000000405. The van der Waals surface area contributed by atoms with E-state index in [1.54, 1.807) is 0 Å². The Morgan fingerprint density at radius 1 is 0.852 bits per heavy atom. The van der Waals surface area contributed by atoms with Crippen molar-refractivity contribution in [1.82, 2.24) is 9.13 Å². The number of aromatic nitrogens is 4. The zero-order valence-corrected chi connectivity index (χ0v) is 18.2. The molecule has 0 fully saturated rings. The summed E-state index contributed by atoms with van der Waals surface area (Å²) < 4.78 is 43.0. The second-order valence-electron chi connectivity index (χ2n) is 6.41. The summed E-state index contributed by atoms with van der Waals surface area (Å²) in [5.74, 6) is 2.66. The molecule has 0 N–H and O–H groups in total. The lowest BCUT2D eigenvalue weighted by molar-refractivity contribution is -0.677. The lowest BCUT2D eigenvalue weighted by Crippen LogP contribution is -2.29. The Hall–Kier alpha value is -1.71. The van der Waals surface area contributed by atoms with Gasteiger partial charge >= 0.3 is 0 Å². The molecule has 2 heterocycles. The van der Waals surface area contributed by atoms with Gasteiger partial charge in [-0.1, -0.05) is 26.7 Å². The zero-order valence-electron chi connectivity index (χ0n) is 17.4. The first-order valence-corrected chi connectivity index (χ1v) is 10.5. The van der Waals surface area contributed by atoms with Gasteiger partial charge in [-0.15, -0.1) is 0 Å². The van der Waals surface area contributed by atoms with Crippen LogP contribution in [0, 0.1) is 13.8 Å². The largest absolute Gasteiger partial charge is 0.759 e. The average molecular weight is 403 g/mol. The van der Waals surface area contributed by atoms with Crippen LogP contribution in [0.15, 0.2) is 24.8 Å². The highest BCUT2D eigenvalue weighted by atomic mass is 32.3. The maximum Gasteiger partial charge on any atom is 0.253 e. The highest BCUT2D eigenvalue weighted by Crippen LogP contribution is 1.97. The van der Waals surface area contributed by atoms with Gasteiger partial charge in [0.25, 0.3) is 11.6 Å². The molecule has 0 aliphatic rings. The van der Waals surface area contributed by atoms with Gasteiger partial charge in [0, 0.05) is 24.2 Å². The monoisotopic (exact) mass is 402 g/mol. The molecule has 2 rings (SSSR count). The fourth-order valence-electron chi connectivity index (χ4n) is 2.33. The Morgan fingerprint density at radius 3 is 1.33 bits per heavy atom. The van der Waals surface area contributed by atoms with Gasteiger partial charge in [0.15, 0.2) is 0 Å². The first-order valence-electron chi connectivity index (χ1n) is 9.20. The number of unbranched alkanes of at least 4 members (excludes halogenated alkanes) is 2. The van der Waals surface area contributed by atoms with Gasteiger partial charge in [0.2, 0.25) is 0 Å². The highest BCUT2D eigenvalue weighted by Gasteiger charge is 2.07. The third-order valence-corrected chi connectivity index (χ3v) is 4.30. The SMILES string of the molecule is CCCCn1cc[n+](C)c1C.CCCCn1cc[n+](C)c1C.O=S(=O)([O-])[O-]. The van der Waals surface area contributed by atoms with Crippen LogP contribution in [0.5, 0.6) is 0 Å². The summed E-state index contributed by atoms with van der Waals surface area (Å²) in [6.07, 6.45) is 13.6. The number of nitrogens with zero attached hydrogens (tertiary/aromatic N) is 4. The molecule has 2 aromatic rings. The third-order valence-electron chi connectivity index (χ3n) is 4.30. The van der Waals surface area contributed by atoms with Crippen LogP contribution in [0.25, 0.3) is 0 Å². The Morgan fingerprint density at radius 2 is 1.15 bits per heavy atom. The number of rotatable bonds is 6. The third kappa shape index (κ3) is 11.6. The lowest BCUT2D eigenvalue weighted by Gasteiger charge is -2.06. The molecular formula is C18H34N4O4S. The summed E-state index contributed by atoms with van der Waals surface area (Å²) in [6, 6.07) is 0. The molecule has 27 heavy (non-hydrogen) atoms. The molecule has 0 aromatic carbocycles. The van der Waals surface area contributed by atoms with Crippen molar-refractivity contribution in [3.8, 4) is 0 Å². The van der Waals surface area contributed by atoms with E-state index in [2.05, 4.69) is 84.8 Å². The summed E-state index contributed by atoms with van der Waals surface area (Å²) >= 11 is 0. The smallest absolute Gasteiger partial charge is 0.253 e. The number of aryl methyl sites for hydroxylation is 4. The summed E-state index contributed by atoms with van der Waals surface area (Å²) in [5.41, 5.74) is 0. The van der Waals surface area contributed by atoms with Crippen molar-refractivity contribution in [1.29, 1.82) is 0 Å². The molecule has 0 radical (unpaired) electrons. The van der Waals surface area contributed by atoms with Gasteiger partial charge in [0.1, 0.15) is 24.8 Å². The minimum Gasteiger partial charge on any atom is -0.759 e. The van der Waals surface area contributed by atoms with Crippen LogP contribution in [0.1, 0.15) is 51.2 Å². The maximum absolute atomic E-state index is 8.52. The summed E-state index contributed by atoms with van der Waals surface area (Å²) in [5, 5.41) is 0. The van der Waals surface area contributed by atoms with Crippen molar-refractivity contribution < 1.29 is 26.7 Å². The van der Waals surface area contributed by atoms with Gasteiger partial charge in [0.05, 0.1) is 27.2 Å². The standard InChI is InChI=1S/2C9H17N2.H2O4S/c2*1-4-5-6-11-8-7-10(3)9(11)2;1-5(2,3)4/h2*7-8H,4-6H2,1-3H3;(H2,1,2,3,4)/q2*+1;/p-2. The maximum atomic E-state index is 8.52. The van der Waals surface area contributed by atoms with E-state index in [0.717, 1.165) is 13.1 Å². The van der Waals surface area contributed by atoms with Gasteiger partial charge in [-0.3, -0.25) is 8.42 Å². The van der Waals surface area contributed by atoms with E-state index in [0.29, 0.717) is 0 Å². The quantitative estimate of drug-likeness (QED) is 0.415. The second kappa shape index (κ2) is 12.6. The fraction of sp³-hybridized carbons (Fsp3) is 0.667. The van der Waals surface area contributed by atoms with E-state index < -0.39 is 10.4 Å². The topological polar surface area (TPSA) is 97.9 Å². The molecular weight excluding hydrogens is 368 g/mol. The molecule has 0 bridgehead atoms. The molecule has 0 saturated heterocycles. The van der Waals surface area contributed by atoms with Crippen LogP contribution < -0.4 is 9.13 Å². The Kier molecular flexibility index (Phi) is 11.8. The van der Waals surface area contributed by atoms with E-state index in [9.17, 15) is 0 Å². The first kappa shape index (κ1) is 25.3. The summed E-state index contributed by atoms with van der Waals surface area (Å²) in [4.78, 5) is 0. The van der Waals surface area contributed by atoms with Crippen molar-refractivity contribution in [3.63, 3.8) is 0 Å². The van der Waals surface area contributed by atoms with Crippen LogP contribution in [-0.2, 0) is 37.6 Å². The van der Waals surface area contributed by atoms with Crippen molar-refractivity contribution >= 4 is 10.4 Å². The van der Waals surface area contributed by atoms with E-state index in [4.69, 9.17) is 17.5 Å². The van der Waals surface area contributed by atoms with Crippen LogP contribution in [-0.4, -0.2) is 26.7 Å². The Bertz CT molecular complexity index is 708.